The van der Waals surface area contributed by atoms with Crippen LogP contribution in [0.25, 0.3) is 0 Å². The SMILES string of the molecule is CCN(CC)CC(C)NCc1ccoc1Cl. The van der Waals surface area contributed by atoms with Crippen LogP contribution >= 0.6 is 11.6 Å². The zero-order valence-corrected chi connectivity index (χ0v) is 11.0. The molecule has 1 unspecified atom stereocenters. The van der Waals surface area contributed by atoms with Gasteiger partial charge in [-0.25, -0.2) is 0 Å². The fourth-order valence-corrected chi connectivity index (χ4v) is 1.84. The lowest BCUT2D eigenvalue weighted by Gasteiger charge is -2.23. The average molecular weight is 245 g/mol. The second kappa shape index (κ2) is 6.94. The summed E-state index contributed by atoms with van der Waals surface area (Å²) in [6, 6.07) is 2.35. The summed E-state index contributed by atoms with van der Waals surface area (Å²) in [5.74, 6) is 0. The van der Waals surface area contributed by atoms with Crippen LogP contribution in [0.2, 0.25) is 5.22 Å². The Bertz CT molecular complexity index is 297. The molecular formula is C12H21ClN2O. The summed E-state index contributed by atoms with van der Waals surface area (Å²) in [5, 5.41) is 3.93. The van der Waals surface area contributed by atoms with Crippen molar-refractivity contribution in [3.8, 4) is 0 Å². The Morgan fingerprint density at radius 1 is 1.44 bits per heavy atom. The lowest BCUT2D eigenvalue weighted by Crippen LogP contribution is -2.38. The van der Waals surface area contributed by atoms with Gasteiger partial charge >= 0.3 is 0 Å². The quantitative estimate of drug-likeness (QED) is 0.800. The molecular weight excluding hydrogens is 224 g/mol. The van der Waals surface area contributed by atoms with Crippen molar-refractivity contribution in [2.75, 3.05) is 19.6 Å². The summed E-state index contributed by atoms with van der Waals surface area (Å²) < 4.78 is 5.04. The van der Waals surface area contributed by atoms with Gasteiger partial charge in [0.2, 0.25) is 0 Å². The lowest BCUT2D eigenvalue weighted by atomic mass is 10.2. The van der Waals surface area contributed by atoms with E-state index in [-0.39, 0.29) is 0 Å². The second-order valence-corrected chi connectivity index (χ2v) is 4.33. The molecule has 1 atom stereocenters. The molecule has 0 saturated carbocycles. The Balaban J connectivity index is 2.30. The first-order chi connectivity index (χ1) is 7.67. The third-order valence-corrected chi connectivity index (χ3v) is 3.09. The van der Waals surface area contributed by atoms with Crippen molar-refractivity contribution >= 4 is 11.6 Å². The third kappa shape index (κ3) is 4.16. The first-order valence-corrected chi connectivity index (χ1v) is 6.22. The second-order valence-electron chi connectivity index (χ2n) is 3.99. The highest BCUT2D eigenvalue weighted by Crippen LogP contribution is 2.16. The molecule has 0 radical (unpaired) electrons. The van der Waals surface area contributed by atoms with Gasteiger partial charge in [0, 0.05) is 24.7 Å². The van der Waals surface area contributed by atoms with E-state index in [0.717, 1.165) is 31.7 Å². The maximum Gasteiger partial charge on any atom is 0.197 e. The van der Waals surface area contributed by atoms with Crippen LogP contribution in [0.15, 0.2) is 16.7 Å². The zero-order chi connectivity index (χ0) is 12.0. The number of halogens is 1. The number of likely N-dealkylation sites (N-methyl/N-ethyl adjacent to an activating group) is 1. The summed E-state index contributed by atoms with van der Waals surface area (Å²) in [5.41, 5.74) is 1.02. The molecule has 3 nitrogen and oxygen atoms in total. The monoisotopic (exact) mass is 244 g/mol. The fourth-order valence-electron chi connectivity index (χ4n) is 1.66. The molecule has 0 aromatic carbocycles. The van der Waals surface area contributed by atoms with Gasteiger partial charge in [-0.2, -0.15) is 0 Å². The van der Waals surface area contributed by atoms with Gasteiger partial charge in [-0.05, 0) is 37.7 Å². The molecule has 0 saturated heterocycles. The molecule has 0 aliphatic heterocycles. The Morgan fingerprint density at radius 2 is 2.12 bits per heavy atom. The molecule has 0 bridgehead atoms. The number of hydrogen-bond acceptors (Lipinski definition) is 3. The number of nitrogens with one attached hydrogen (secondary N) is 1. The molecule has 0 spiro atoms. The van der Waals surface area contributed by atoms with Crippen LogP contribution in [-0.2, 0) is 6.54 Å². The van der Waals surface area contributed by atoms with Gasteiger partial charge in [-0.3, -0.25) is 0 Å². The Morgan fingerprint density at radius 3 is 2.62 bits per heavy atom. The maximum absolute atomic E-state index is 5.87. The smallest absolute Gasteiger partial charge is 0.197 e. The molecule has 1 N–H and O–H groups in total. The summed E-state index contributed by atoms with van der Waals surface area (Å²) >= 11 is 5.87. The predicted octanol–water partition coefficient (Wildman–Crippen LogP) is 2.75. The molecule has 16 heavy (non-hydrogen) atoms. The van der Waals surface area contributed by atoms with Gasteiger partial charge in [0.1, 0.15) is 0 Å². The van der Waals surface area contributed by atoms with E-state index in [1.165, 1.54) is 0 Å². The summed E-state index contributed by atoms with van der Waals surface area (Å²) in [6.07, 6.45) is 1.62. The van der Waals surface area contributed by atoms with Crippen molar-refractivity contribution in [1.29, 1.82) is 0 Å². The van der Waals surface area contributed by atoms with Crippen LogP contribution in [0, 0.1) is 0 Å². The molecule has 1 aromatic rings. The predicted molar refractivity (Wildman–Crippen MR) is 67.8 cm³/mol. The average Bonchev–Trinajstić information content (AvgIpc) is 2.69. The molecule has 4 heteroatoms. The lowest BCUT2D eigenvalue weighted by molar-refractivity contribution is 0.270. The highest BCUT2D eigenvalue weighted by atomic mass is 35.5. The van der Waals surface area contributed by atoms with Crippen molar-refractivity contribution in [2.24, 2.45) is 0 Å². The van der Waals surface area contributed by atoms with E-state index < -0.39 is 0 Å². The maximum atomic E-state index is 5.87. The third-order valence-electron chi connectivity index (χ3n) is 2.76. The van der Waals surface area contributed by atoms with Gasteiger partial charge < -0.3 is 14.6 Å². The van der Waals surface area contributed by atoms with Crippen LogP contribution in [0.4, 0.5) is 0 Å². The standard InChI is InChI=1S/C12H21ClN2O/c1-4-15(5-2)9-10(3)14-8-11-6-7-16-12(11)13/h6-7,10,14H,4-5,8-9H2,1-3H3. The number of furan rings is 1. The van der Waals surface area contributed by atoms with Crippen molar-refractivity contribution in [1.82, 2.24) is 10.2 Å². The minimum absolute atomic E-state index is 0.450. The largest absolute Gasteiger partial charge is 0.453 e. The van der Waals surface area contributed by atoms with Gasteiger partial charge in [0.15, 0.2) is 5.22 Å². The van der Waals surface area contributed by atoms with Crippen LogP contribution in [0.1, 0.15) is 26.3 Å². The van der Waals surface area contributed by atoms with Crippen LogP contribution in [0.5, 0.6) is 0 Å². The van der Waals surface area contributed by atoms with Crippen molar-refractivity contribution in [3.63, 3.8) is 0 Å². The Hall–Kier alpha value is -0.510. The molecule has 92 valence electrons. The molecule has 1 heterocycles. The normalized spacial score (nSPS) is 13.3. The van der Waals surface area contributed by atoms with E-state index in [0.29, 0.717) is 11.3 Å². The molecule has 0 aliphatic rings. The van der Waals surface area contributed by atoms with Crippen LogP contribution in [0.3, 0.4) is 0 Å². The summed E-state index contributed by atoms with van der Waals surface area (Å²) in [4.78, 5) is 2.40. The number of hydrogen-bond donors (Lipinski definition) is 1. The van der Waals surface area contributed by atoms with E-state index in [1.807, 2.05) is 6.07 Å². The first kappa shape index (κ1) is 13.6. The van der Waals surface area contributed by atoms with Gasteiger partial charge in [-0.1, -0.05) is 13.8 Å². The van der Waals surface area contributed by atoms with E-state index in [9.17, 15) is 0 Å². The molecule has 0 aliphatic carbocycles. The number of nitrogens with zero attached hydrogens (tertiary/aromatic N) is 1. The minimum atomic E-state index is 0.450. The van der Waals surface area contributed by atoms with Gasteiger partial charge in [0.25, 0.3) is 0 Å². The summed E-state index contributed by atoms with van der Waals surface area (Å²) in [6.45, 7) is 10.6. The number of rotatable bonds is 7. The minimum Gasteiger partial charge on any atom is -0.453 e. The first-order valence-electron chi connectivity index (χ1n) is 5.85. The highest BCUT2D eigenvalue weighted by Gasteiger charge is 2.08. The molecule has 0 amide bonds. The zero-order valence-electron chi connectivity index (χ0n) is 10.3. The highest BCUT2D eigenvalue weighted by molar-refractivity contribution is 6.29. The van der Waals surface area contributed by atoms with Gasteiger partial charge in [0.05, 0.1) is 6.26 Å². The van der Waals surface area contributed by atoms with E-state index in [4.69, 9.17) is 16.0 Å². The van der Waals surface area contributed by atoms with Crippen molar-refractivity contribution < 1.29 is 4.42 Å². The fraction of sp³-hybridized carbons (Fsp3) is 0.667. The molecule has 1 aromatic heterocycles. The van der Waals surface area contributed by atoms with Crippen molar-refractivity contribution in [2.45, 2.75) is 33.4 Å². The van der Waals surface area contributed by atoms with Crippen molar-refractivity contribution in [3.05, 3.63) is 23.1 Å². The topological polar surface area (TPSA) is 28.4 Å². The van der Waals surface area contributed by atoms with Gasteiger partial charge in [-0.15, -0.1) is 0 Å². The molecule has 0 fully saturated rings. The van der Waals surface area contributed by atoms with E-state index in [2.05, 4.69) is 31.0 Å². The Labute approximate surface area is 103 Å². The van der Waals surface area contributed by atoms with E-state index in [1.54, 1.807) is 6.26 Å². The van der Waals surface area contributed by atoms with Crippen LogP contribution in [-0.4, -0.2) is 30.6 Å². The Kier molecular flexibility index (Phi) is 5.88. The summed E-state index contributed by atoms with van der Waals surface area (Å²) in [7, 11) is 0. The van der Waals surface area contributed by atoms with Crippen LogP contribution < -0.4 is 5.32 Å². The molecule has 1 rings (SSSR count). The van der Waals surface area contributed by atoms with E-state index >= 15 is 0 Å².